The van der Waals surface area contributed by atoms with Crippen molar-refractivity contribution in [3.8, 4) is 5.75 Å². The minimum absolute atomic E-state index is 0.681. The highest BCUT2D eigenvalue weighted by atomic mass is 32.2. The number of ether oxygens (including phenoxy) is 1. The molecule has 0 fully saturated rings. The molecule has 102 valence electrons. The average molecular weight is 277 g/mol. The van der Waals surface area contributed by atoms with E-state index in [0.717, 1.165) is 23.7 Å². The lowest BCUT2D eigenvalue weighted by atomic mass is 10.1. The van der Waals surface area contributed by atoms with Crippen molar-refractivity contribution in [1.82, 2.24) is 0 Å². The Morgan fingerprint density at radius 3 is 2.63 bits per heavy atom. The largest absolute Gasteiger partial charge is 0.493 e. The van der Waals surface area contributed by atoms with E-state index >= 15 is 0 Å². The minimum atomic E-state index is 0.681. The fourth-order valence-electron chi connectivity index (χ4n) is 1.75. The van der Waals surface area contributed by atoms with Gasteiger partial charge in [-0.25, -0.2) is 0 Å². The van der Waals surface area contributed by atoms with E-state index < -0.39 is 0 Å². The summed E-state index contributed by atoms with van der Waals surface area (Å²) in [4.78, 5) is 1.18. The normalized spacial score (nSPS) is 10.6. The van der Waals surface area contributed by atoms with Crippen molar-refractivity contribution in [3.05, 3.63) is 47.9 Å². The molecule has 0 saturated heterocycles. The summed E-state index contributed by atoms with van der Waals surface area (Å²) in [5.74, 6) is 2.78. The molecule has 19 heavy (non-hydrogen) atoms. The lowest BCUT2D eigenvalue weighted by Crippen LogP contribution is -2.03. The summed E-state index contributed by atoms with van der Waals surface area (Å²) in [5, 5.41) is 0. The van der Waals surface area contributed by atoms with E-state index in [1.165, 1.54) is 10.5 Å². The summed E-state index contributed by atoms with van der Waals surface area (Å²) in [6, 6.07) is 10.1. The number of furan rings is 1. The Hall–Kier alpha value is -1.39. The zero-order chi connectivity index (χ0) is 13.5. The first-order chi connectivity index (χ1) is 9.29. The van der Waals surface area contributed by atoms with E-state index in [0.29, 0.717) is 13.2 Å². The van der Waals surface area contributed by atoms with Gasteiger partial charge >= 0.3 is 0 Å². The molecule has 2 rings (SSSR count). The zero-order valence-electron chi connectivity index (χ0n) is 11.1. The molecule has 3 nitrogen and oxygen atoms in total. The van der Waals surface area contributed by atoms with Crippen molar-refractivity contribution in [3.63, 3.8) is 0 Å². The number of hydrogen-bond donors (Lipinski definition) is 1. The van der Waals surface area contributed by atoms with Crippen LogP contribution < -0.4 is 10.5 Å². The molecule has 0 amide bonds. The molecule has 0 aliphatic rings. The van der Waals surface area contributed by atoms with Crippen LogP contribution in [0.25, 0.3) is 0 Å². The summed E-state index contributed by atoms with van der Waals surface area (Å²) in [5.41, 5.74) is 6.76. The van der Waals surface area contributed by atoms with Gasteiger partial charge in [0.05, 0.1) is 12.9 Å². The second-order valence-electron chi connectivity index (χ2n) is 4.22. The number of rotatable bonds is 7. The third kappa shape index (κ3) is 4.33. The van der Waals surface area contributed by atoms with Crippen LogP contribution in [0.3, 0.4) is 0 Å². The van der Waals surface area contributed by atoms with Crippen LogP contribution in [0.4, 0.5) is 0 Å². The van der Waals surface area contributed by atoms with Crippen molar-refractivity contribution < 1.29 is 9.15 Å². The van der Waals surface area contributed by atoms with Gasteiger partial charge in [0.15, 0.2) is 0 Å². The molecule has 4 heteroatoms. The molecule has 2 aromatic rings. The van der Waals surface area contributed by atoms with Gasteiger partial charge in [0.1, 0.15) is 11.5 Å². The standard InChI is InChI=1S/C15H19NO2S/c1-12-15(7-9-17-12)19-11-10-18-14-4-2-13(3-5-14)6-8-16/h2-5,7,9H,6,8,10-11,16H2,1H3. The van der Waals surface area contributed by atoms with E-state index in [2.05, 4.69) is 12.1 Å². The van der Waals surface area contributed by atoms with Gasteiger partial charge in [-0.3, -0.25) is 0 Å². The summed E-state index contributed by atoms with van der Waals surface area (Å²) < 4.78 is 10.9. The minimum Gasteiger partial charge on any atom is -0.493 e. The maximum absolute atomic E-state index is 5.69. The summed E-state index contributed by atoms with van der Waals surface area (Å²) in [6.45, 7) is 3.34. The third-order valence-electron chi connectivity index (χ3n) is 2.78. The Morgan fingerprint density at radius 2 is 2.00 bits per heavy atom. The highest BCUT2D eigenvalue weighted by Gasteiger charge is 2.01. The van der Waals surface area contributed by atoms with Gasteiger partial charge in [0.2, 0.25) is 0 Å². The van der Waals surface area contributed by atoms with Gasteiger partial charge in [-0.1, -0.05) is 12.1 Å². The van der Waals surface area contributed by atoms with Crippen LogP contribution in [0, 0.1) is 6.92 Å². The van der Waals surface area contributed by atoms with Crippen LogP contribution in [-0.4, -0.2) is 18.9 Å². The molecular formula is C15H19NO2S. The van der Waals surface area contributed by atoms with Gasteiger partial charge in [-0.05, 0) is 43.7 Å². The molecule has 0 saturated carbocycles. The van der Waals surface area contributed by atoms with Crippen LogP contribution in [0.15, 0.2) is 45.9 Å². The molecule has 0 bridgehead atoms. The molecule has 0 radical (unpaired) electrons. The maximum Gasteiger partial charge on any atom is 0.119 e. The van der Waals surface area contributed by atoms with Crippen molar-refractivity contribution in [1.29, 1.82) is 0 Å². The second-order valence-corrected chi connectivity index (χ2v) is 5.36. The Labute approximate surface area is 118 Å². The van der Waals surface area contributed by atoms with E-state index in [1.807, 2.05) is 25.1 Å². The number of aryl methyl sites for hydroxylation is 1. The summed E-state index contributed by atoms with van der Waals surface area (Å²) in [7, 11) is 0. The molecule has 1 heterocycles. The van der Waals surface area contributed by atoms with Crippen molar-refractivity contribution in [2.45, 2.75) is 18.2 Å². The van der Waals surface area contributed by atoms with Crippen LogP contribution in [-0.2, 0) is 6.42 Å². The maximum atomic E-state index is 5.69. The first-order valence-corrected chi connectivity index (χ1v) is 7.37. The Bertz CT molecular complexity index is 493. The van der Waals surface area contributed by atoms with Crippen LogP contribution in [0.5, 0.6) is 5.75 Å². The predicted octanol–water partition coefficient (Wildman–Crippen LogP) is 3.26. The Morgan fingerprint density at radius 1 is 1.21 bits per heavy atom. The SMILES string of the molecule is Cc1occc1SCCOc1ccc(CCN)cc1. The molecule has 0 atom stereocenters. The van der Waals surface area contributed by atoms with Crippen molar-refractivity contribution >= 4 is 11.8 Å². The van der Waals surface area contributed by atoms with Gasteiger partial charge < -0.3 is 14.9 Å². The van der Waals surface area contributed by atoms with E-state index in [-0.39, 0.29) is 0 Å². The number of thioether (sulfide) groups is 1. The fourth-order valence-corrected chi connectivity index (χ4v) is 2.54. The van der Waals surface area contributed by atoms with Crippen molar-refractivity contribution in [2.75, 3.05) is 18.9 Å². The van der Waals surface area contributed by atoms with Gasteiger partial charge in [-0.15, -0.1) is 11.8 Å². The fraction of sp³-hybridized carbons (Fsp3) is 0.333. The summed E-state index contributed by atoms with van der Waals surface area (Å²) >= 11 is 1.75. The summed E-state index contributed by atoms with van der Waals surface area (Å²) in [6.07, 6.45) is 2.63. The second kappa shape index (κ2) is 7.26. The number of hydrogen-bond acceptors (Lipinski definition) is 4. The Kier molecular flexibility index (Phi) is 5.36. The number of benzene rings is 1. The zero-order valence-corrected chi connectivity index (χ0v) is 11.9. The highest BCUT2D eigenvalue weighted by molar-refractivity contribution is 7.99. The first kappa shape index (κ1) is 14.0. The molecule has 0 aliphatic heterocycles. The predicted molar refractivity (Wildman–Crippen MR) is 78.9 cm³/mol. The molecule has 0 unspecified atom stereocenters. The first-order valence-electron chi connectivity index (χ1n) is 6.38. The smallest absolute Gasteiger partial charge is 0.119 e. The third-order valence-corrected chi connectivity index (χ3v) is 3.88. The van der Waals surface area contributed by atoms with Gasteiger partial charge in [0, 0.05) is 10.6 Å². The molecule has 0 spiro atoms. The van der Waals surface area contributed by atoms with Crippen molar-refractivity contribution in [2.24, 2.45) is 5.73 Å². The molecule has 1 aromatic heterocycles. The van der Waals surface area contributed by atoms with E-state index in [9.17, 15) is 0 Å². The topological polar surface area (TPSA) is 48.4 Å². The molecule has 0 aliphatic carbocycles. The molecule has 2 N–H and O–H groups in total. The quantitative estimate of drug-likeness (QED) is 0.623. The average Bonchev–Trinajstić information content (AvgIpc) is 2.83. The lowest BCUT2D eigenvalue weighted by molar-refractivity contribution is 0.344. The molecular weight excluding hydrogens is 258 g/mol. The van der Waals surface area contributed by atoms with Crippen LogP contribution >= 0.6 is 11.8 Å². The van der Waals surface area contributed by atoms with Crippen LogP contribution in [0.1, 0.15) is 11.3 Å². The van der Waals surface area contributed by atoms with E-state index in [4.69, 9.17) is 14.9 Å². The number of nitrogens with two attached hydrogens (primary N) is 1. The highest BCUT2D eigenvalue weighted by Crippen LogP contribution is 2.23. The van der Waals surface area contributed by atoms with Gasteiger partial charge in [-0.2, -0.15) is 0 Å². The van der Waals surface area contributed by atoms with Crippen LogP contribution in [0.2, 0.25) is 0 Å². The monoisotopic (exact) mass is 277 g/mol. The van der Waals surface area contributed by atoms with E-state index in [1.54, 1.807) is 18.0 Å². The lowest BCUT2D eigenvalue weighted by Gasteiger charge is -2.06. The van der Waals surface area contributed by atoms with Gasteiger partial charge in [0.25, 0.3) is 0 Å². The Balaban J connectivity index is 1.72. The molecule has 1 aromatic carbocycles.